The zero-order chi connectivity index (χ0) is 9.73. The predicted molar refractivity (Wildman–Crippen MR) is 57.7 cm³/mol. The van der Waals surface area contributed by atoms with E-state index in [0.717, 1.165) is 19.0 Å². The molecule has 78 valence electrons. The minimum absolute atomic E-state index is 0.646. The summed E-state index contributed by atoms with van der Waals surface area (Å²) in [7, 11) is 0. The standard InChI is InChI=1S/C11H24N2/c1-10(4-3-7-12)8-13-9-11(2)5-6-11/h10,13H,3-9,12H2,1-2H3. The first-order chi connectivity index (χ1) is 6.16. The molecule has 1 aliphatic carbocycles. The van der Waals surface area contributed by atoms with Crippen LogP contribution in [-0.2, 0) is 0 Å². The highest BCUT2D eigenvalue weighted by atomic mass is 14.9. The molecule has 0 aromatic carbocycles. The third-order valence-corrected chi connectivity index (χ3v) is 3.05. The Balaban J connectivity index is 1.92. The lowest BCUT2D eigenvalue weighted by molar-refractivity contribution is 0.427. The fourth-order valence-corrected chi connectivity index (χ4v) is 1.58. The Hall–Kier alpha value is -0.0800. The molecule has 1 rings (SSSR count). The van der Waals surface area contributed by atoms with Crippen molar-refractivity contribution in [2.24, 2.45) is 17.1 Å². The highest BCUT2D eigenvalue weighted by molar-refractivity contribution is 4.90. The second-order valence-electron chi connectivity index (χ2n) is 4.98. The molecule has 1 aliphatic rings. The first-order valence-corrected chi connectivity index (χ1v) is 5.57. The minimum Gasteiger partial charge on any atom is -0.330 e. The minimum atomic E-state index is 0.646. The highest BCUT2D eigenvalue weighted by Crippen LogP contribution is 2.43. The van der Waals surface area contributed by atoms with Gasteiger partial charge in [0, 0.05) is 6.54 Å². The fourth-order valence-electron chi connectivity index (χ4n) is 1.58. The molecule has 0 heterocycles. The summed E-state index contributed by atoms with van der Waals surface area (Å²) in [5, 5.41) is 3.56. The maximum absolute atomic E-state index is 5.46. The van der Waals surface area contributed by atoms with Crippen molar-refractivity contribution in [2.45, 2.75) is 39.5 Å². The van der Waals surface area contributed by atoms with Crippen LogP contribution in [0.2, 0.25) is 0 Å². The van der Waals surface area contributed by atoms with Gasteiger partial charge in [0.2, 0.25) is 0 Å². The van der Waals surface area contributed by atoms with Gasteiger partial charge in [0.05, 0.1) is 0 Å². The van der Waals surface area contributed by atoms with Gasteiger partial charge in [0.25, 0.3) is 0 Å². The average molecular weight is 184 g/mol. The van der Waals surface area contributed by atoms with Crippen LogP contribution in [-0.4, -0.2) is 19.6 Å². The van der Waals surface area contributed by atoms with E-state index in [1.54, 1.807) is 0 Å². The number of hydrogen-bond acceptors (Lipinski definition) is 2. The second kappa shape index (κ2) is 4.97. The predicted octanol–water partition coefficient (Wildman–Crippen LogP) is 1.75. The monoisotopic (exact) mass is 184 g/mol. The van der Waals surface area contributed by atoms with E-state index in [0.29, 0.717) is 5.41 Å². The van der Waals surface area contributed by atoms with E-state index < -0.39 is 0 Å². The Morgan fingerprint density at radius 2 is 2.15 bits per heavy atom. The van der Waals surface area contributed by atoms with Gasteiger partial charge in [-0.05, 0) is 50.1 Å². The zero-order valence-corrected chi connectivity index (χ0v) is 9.10. The van der Waals surface area contributed by atoms with E-state index in [4.69, 9.17) is 5.73 Å². The van der Waals surface area contributed by atoms with E-state index in [9.17, 15) is 0 Å². The molecule has 0 aromatic heterocycles. The molecule has 2 nitrogen and oxygen atoms in total. The highest BCUT2D eigenvalue weighted by Gasteiger charge is 2.36. The first-order valence-electron chi connectivity index (χ1n) is 5.57. The maximum atomic E-state index is 5.46. The molecule has 1 atom stereocenters. The molecule has 0 spiro atoms. The first kappa shape index (κ1) is 11.0. The summed E-state index contributed by atoms with van der Waals surface area (Å²) in [5.74, 6) is 0.783. The van der Waals surface area contributed by atoms with Gasteiger partial charge < -0.3 is 11.1 Å². The van der Waals surface area contributed by atoms with Gasteiger partial charge in [0.1, 0.15) is 0 Å². The van der Waals surface area contributed by atoms with E-state index in [2.05, 4.69) is 19.2 Å². The smallest absolute Gasteiger partial charge is 0.000528 e. The van der Waals surface area contributed by atoms with E-state index >= 15 is 0 Å². The van der Waals surface area contributed by atoms with Gasteiger partial charge in [-0.3, -0.25) is 0 Å². The maximum Gasteiger partial charge on any atom is 0.000528 e. The molecular formula is C11H24N2. The summed E-state index contributed by atoms with van der Waals surface area (Å²) in [6.07, 6.45) is 5.26. The van der Waals surface area contributed by atoms with Gasteiger partial charge in [-0.25, -0.2) is 0 Å². The molecule has 1 saturated carbocycles. The van der Waals surface area contributed by atoms with Crippen LogP contribution in [0.3, 0.4) is 0 Å². The Kier molecular flexibility index (Phi) is 4.20. The van der Waals surface area contributed by atoms with E-state index in [-0.39, 0.29) is 0 Å². The van der Waals surface area contributed by atoms with Crippen molar-refractivity contribution >= 4 is 0 Å². The van der Waals surface area contributed by atoms with Crippen LogP contribution in [0.1, 0.15) is 39.5 Å². The molecule has 0 radical (unpaired) electrons. The largest absolute Gasteiger partial charge is 0.330 e. The van der Waals surface area contributed by atoms with Crippen LogP contribution < -0.4 is 11.1 Å². The Labute approximate surface area is 82.3 Å². The van der Waals surface area contributed by atoms with Crippen LogP contribution >= 0.6 is 0 Å². The third-order valence-electron chi connectivity index (χ3n) is 3.05. The Morgan fingerprint density at radius 1 is 1.46 bits per heavy atom. The molecule has 0 saturated heterocycles. The summed E-state index contributed by atoms with van der Waals surface area (Å²) in [4.78, 5) is 0. The molecule has 13 heavy (non-hydrogen) atoms. The zero-order valence-electron chi connectivity index (χ0n) is 9.10. The lowest BCUT2D eigenvalue weighted by Gasteiger charge is -2.14. The normalized spacial score (nSPS) is 21.5. The van der Waals surface area contributed by atoms with Crippen molar-refractivity contribution in [1.29, 1.82) is 0 Å². The number of rotatable bonds is 7. The number of hydrogen-bond donors (Lipinski definition) is 2. The quantitative estimate of drug-likeness (QED) is 0.632. The van der Waals surface area contributed by atoms with Gasteiger partial charge in [-0.1, -0.05) is 13.8 Å². The number of nitrogens with one attached hydrogen (secondary N) is 1. The van der Waals surface area contributed by atoms with Gasteiger partial charge in [-0.2, -0.15) is 0 Å². The molecule has 3 N–H and O–H groups in total. The lowest BCUT2D eigenvalue weighted by atomic mass is 10.1. The molecule has 0 aromatic rings. The summed E-state index contributed by atoms with van der Waals surface area (Å²) in [5.41, 5.74) is 6.11. The fraction of sp³-hybridized carbons (Fsp3) is 1.00. The van der Waals surface area contributed by atoms with Crippen molar-refractivity contribution in [2.75, 3.05) is 19.6 Å². The summed E-state index contributed by atoms with van der Waals surface area (Å²) >= 11 is 0. The van der Waals surface area contributed by atoms with Crippen LogP contribution in [0.15, 0.2) is 0 Å². The van der Waals surface area contributed by atoms with Crippen molar-refractivity contribution in [3.8, 4) is 0 Å². The van der Waals surface area contributed by atoms with Crippen LogP contribution in [0, 0.1) is 11.3 Å². The van der Waals surface area contributed by atoms with E-state index in [1.807, 2.05) is 0 Å². The topological polar surface area (TPSA) is 38.0 Å². The van der Waals surface area contributed by atoms with Crippen molar-refractivity contribution in [1.82, 2.24) is 5.32 Å². The molecule has 1 fully saturated rings. The van der Waals surface area contributed by atoms with Crippen molar-refractivity contribution < 1.29 is 0 Å². The van der Waals surface area contributed by atoms with Crippen molar-refractivity contribution in [3.63, 3.8) is 0 Å². The Morgan fingerprint density at radius 3 is 2.69 bits per heavy atom. The molecular weight excluding hydrogens is 160 g/mol. The second-order valence-corrected chi connectivity index (χ2v) is 4.98. The van der Waals surface area contributed by atoms with Crippen LogP contribution in [0.5, 0.6) is 0 Å². The summed E-state index contributed by atoms with van der Waals surface area (Å²) in [6.45, 7) is 7.88. The molecule has 0 amide bonds. The SMILES string of the molecule is CC(CCCN)CNCC1(C)CC1. The summed E-state index contributed by atoms with van der Waals surface area (Å²) < 4.78 is 0. The Bertz CT molecular complexity index is 141. The van der Waals surface area contributed by atoms with Gasteiger partial charge >= 0.3 is 0 Å². The van der Waals surface area contributed by atoms with E-state index in [1.165, 1.54) is 32.2 Å². The lowest BCUT2D eigenvalue weighted by Crippen LogP contribution is -2.27. The van der Waals surface area contributed by atoms with Crippen LogP contribution in [0.4, 0.5) is 0 Å². The van der Waals surface area contributed by atoms with Crippen molar-refractivity contribution in [3.05, 3.63) is 0 Å². The average Bonchev–Trinajstić information content (AvgIpc) is 2.80. The van der Waals surface area contributed by atoms with Crippen LogP contribution in [0.25, 0.3) is 0 Å². The van der Waals surface area contributed by atoms with Gasteiger partial charge in [-0.15, -0.1) is 0 Å². The molecule has 0 bridgehead atoms. The molecule has 1 unspecified atom stereocenters. The van der Waals surface area contributed by atoms with Gasteiger partial charge in [0.15, 0.2) is 0 Å². The third kappa shape index (κ3) is 4.63. The number of nitrogens with two attached hydrogens (primary N) is 1. The molecule has 0 aliphatic heterocycles. The summed E-state index contributed by atoms with van der Waals surface area (Å²) in [6, 6.07) is 0. The molecule has 2 heteroatoms.